The lowest BCUT2D eigenvalue weighted by molar-refractivity contribution is 0.414. The van der Waals surface area contributed by atoms with Crippen molar-refractivity contribution in [2.45, 2.75) is 27.2 Å². The molecule has 2 heteroatoms. The van der Waals surface area contributed by atoms with E-state index in [-0.39, 0.29) is 0 Å². The van der Waals surface area contributed by atoms with Crippen molar-refractivity contribution in [2.75, 3.05) is 14.2 Å². The summed E-state index contributed by atoms with van der Waals surface area (Å²) in [4.78, 5) is 0. The van der Waals surface area contributed by atoms with Crippen LogP contribution in [0.3, 0.4) is 0 Å². The predicted molar refractivity (Wildman–Crippen MR) is 84.8 cm³/mol. The van der Waals surface area contributed by atoms with Gasteiger partial charge in [0.25, 0.3) is 0 Å². The molecule has 0 bridgehead atoms. The maximum absolute atomic E-state index is 5.11. The lowest BCUT2D eigenvalue weighted by Crippen LogP contribution is -1.88. The van der Waals surface area contributed by atoms with Crippen LogP contribution in [-0.4, -0.2) is 14.2 Å². The molecule has 0 aromatic heterocycles. The lowest BCUT2D eigenvalue weighted by Gasteiger charge is -2.05. The van der Waals surface area contributed by atoms with Gasteiger partial charge in [0.2, 0.25) is 0 Å². The third-order valence-corrected chi connectivity index (χ3v) is 3.19. The Morgan fingerprint density at radius 1 is 0.800 bits per heavy atom. The first-order valence-corrected chi connectivity index (χ1v) is 6.84. The van der Waals surface area contributed by atoms with Crippen molar-refractivity contribution in [2.24, 2.45) is 0 Å². The van der Waals surface area contributed by atoms with Gasteiger partial charge in [-0.1, -0.05) is 30.7 Å². The quantitative estimate of drug-likeness (QED) is 0.815. The van der Waals surface area contributed by atoms with E-state index in [1.807, 2.05) is 30.3 Å². The maximum Gasteiger partial charge on any atom is 0.119 e. The normalized spacial score (nSPS) is 9.45. The minimum atomic E-state index is 0.917. The van der Waals surface area contributed by atoms with Gasteiger partial charge in [-0.05, 0) is 55.7 Å². The Bertz CT molecular complexity index is 515. The van der Waals surface area contributed by atoms with Crippen LogP contribution >= 0.6 is 0 Å². The van der Waals surface area contributed by atoms with Crippen LogP contribution in [0.4, 0.5) is 0 Å². The van der Waals surface area contributed by atoms with Gasteiger partial charge in [-0.25, -0.2) is 0 Å². The van der Waals surface area contributed by atoms with Gasteiger partial charge in [0.1, 0.15) is 11.5 Å². The first-order chi connectivity index (χ1) is 9.60. The average Bonchev–Trinajstić information content (AvgIpc) is 2.49. The predicted octanol–water partition coefficient (Wildman–Crippen LogP) is 4.57. The molecule has 0 atom stereocenters. The van der Waals surface area contributed by atoms with Crippen LogP contribution in [0, 0.1) is 13.8 Å². The zero-order valence-corrected chi connectivity index (χ0v) is 13.1. The van der Waals surface area contributed by atoms with Gasteiger partial charge in [-0.3, -0.25) is 0 Å². The zero-order chi connectivity index (χ0) is 15.0. The van der Waals surface area contributed by atoms with Crippen LogP contribution in [-0.2, 0) is 6.42 Å². The van der Waals surface area contributed by atoms with E-state index in [0.29, 0.717) is 0 Å². The average molecular weight is 272 g/mol. The van der Waals surface area contributed by atoms with Gasteiger partial charge in [-0.15, -0.1) is 0 Å². The molecule has 0 aliphatic heterocycles. The fraction of sp³-hybridized carbons (Fsp3) is 0.333. The van der Waals surface area contributed by atoms with E-state index in [2.05, 4.69) is 32.9 Å². The molecule has 0 aliphatic rings. The number of methoxy groups -OCH3 is 2. The van der Waals surface area contributed by atoms with Gasteiger partial charge in [0.05, 0.1) is 14.2 Å². The van der Waals surface area contributed by atoms with Gasteiger partial charge >= 0.3 is 0 Å². The Labute approximate surface area is 122 Å². The fourth-order valence-electron chi connectivity index (χ4n) is 1.83. The van der Waals surface area contributed by atoms with Crippen molar-refractivity contribution in [3.05, 3.63) is 59.2 Å². The standard InChI is InChI=1S/C10H14O.C8H10O/c1-4-9-7-10(11-3)6-5-8(9)2;1-7-3-5-8(9-2)6-4-7/h5-7H,4H2,1-3H3;3-6H,1-2H3. The van der Waals surface area contributed by atoms with Crippen LogP contribution in [0.2, 0.25) is 0 Å². The van der Waals surface area contributed by atoms with Gasteiger partial charge in [-0.2, -0.15) is 0 Å². The molecule has 0 saturated heterocycles. The van der Waals surface area contributed by atoms with E-state index < -0.39 is 0 Å². The van der Waals surface area contributed by atoms with Crippen molar-refractivity contribution in [1.29, 1.82) is 0 Å². The van der Waals surface area contributed by atoms with E-state index in [9.17, 15) is 0 Å². The number of ether oxygens (including phenoxy) is 2. The lowest BCUT2D eigenvalue weighted by atomic mass is 10.1. The van der Waals surface area contributed by atoms with E-state index in [0.717, 1.165) is 17.9 Å². The molecule has 0 aliphatic carbocycles. The number of hydrogen-bond acceptors (Lipinski definition) is 2. The minimum Gasteiger partial charge on any atom is -0.497 e. The summed E-state index contributed by atoms with van der Waals surface area (Å²) in [6, 6.07) is 14.1. The molecule has 0 unspecified atom stereocenters. The highest BCUT2D eigenvalue weighted by Crippen LogP contribution is 2.16. The molecule has 0 heterocycles. The summed E-state index contributed by atoms with van der Waals surface area (Å²) in [6.07, 6.45) is 1.07. The van der Waals surface area contributed by atoms with E-state index >= 15 is 0 Å². The molecule has 0 amide bonds. The molecular formula is C18H24O2. The molecule has 108 valence electrons. The Hall–Kier alpha value is -1.96. The van der Waals surface area contributed by atoms with Gasteiger partial charge < -0.3 is 9.47 Å². The SMILES string of the molecule is CCc1cc(OC)ccc1C.COc1ccc(C)cc1. The molecule has 0 saturated carbocycles. The third kappa shape index (κ3) is 4.96. The van der Waals surface area contributed by atoms with Crippen molar-refractivity contribution >= 4 is 0 Å². The summed E-state index contributed by atoms with van der Waals surface area (Å²) in [5.41, 5.74) is 3.97. The maximum atomic E-state index is 5.11. The van der Waals surface area contributed by atoms with Crippen LogP contribution in [0.25, 0.3) is 0 Å². The Morgan fingerprint density at radius 2 is 1.35 bits per heavy atom. The molecule has 0 fully saturated rings. The highest BCUT2D eigenvalue weighted by molar-refractivity contribution is 5.34. The topological polar surface area (TPSA) is 18.5 Å². The summed E-state index contributed by atoms with van der Waals surface area (Å²) < 4.78 is 10.1. The molecular weight excluding hydrogens is 248 g/mol. The second-order valence-electron chi connectivity index (χ2n) is 4.66. The van der Waals surface area contributed by atoms with Crippen LogP contribution < -0.4 is 9.47 Å². The number of rotatable bonds is 3. The summed E-state index contributed by atoms with van der Waals surface area (Å²) in [7, 11) is 3.37. The fourth-order valence-corrected chi connectivity index (χ4v) is 1.83. The molecule has 2 aromatic carbocycles. The minimum absolute atomic E-state index is 0.917. The third-order valence-electron chi connectivity index (χ3n) is 3.19. The van der Waals surface area contributed by atoms with Crippen molar-refractivity contribution in [3.63, 3.8) is 0 Å². The van der Waals surface area contributed by atoms with Crippen LogP contribution in [0.15, 0.2) is 42.5 Å². The highest BCUT2D eigenvalue weighted by atomic mass is 16.5. The summed E-state index contributed by atoms with van der Waals surface area (Å²) in [5, 5.41) is 0. The molecule has 2 aromatic rings. The molecule has 0 radical (unpaired) electrons. The van der Waals surface area contributed by atoms with E-state index in [4.69, 9.17) is 9.47 Å². The van der Waals surface area contributed by atoms with Crippen molar-refractivity contribution < 1.29 is 9.47 Å². The van der Waals surface area contributed by atoms with Crippen molar-refractivity contribution in [1.82, 2.24) is 0 Å². The molecule has 2 rings (SSSR count). The summed E-state index contributed by atoms with van der Waals surface area (Å²) in [6.45, 7) is 6.33. The number of benzene rings is 2. The molecule has 20 heavy (non-hydrogen) atoms. The summed E-state index contributed by atoms with van der Waals surface area (Å²) in [5.74, 6) is 1.87. The highest BCUT2D eigenvalue weighted by Gasteiger charge is 1.96. The zero-order valence-electron chi connectivity index (χ0n) is 13.1. The first-order valence-electron chi connectivity index (χ1n) is 6.84. The van der Waals surface area contributed by atoms with E-state index in [1.54, 1.807) is 14.2 Å². The monoisotopic (exact) mass is 272 g/mol. The molecule has 0 N–H and O–H groups in total. The number of aryl methyl sites for hydroxylation is 3. The molecule has 2 nitrogen and oxygen atoms in total. The second-order valence-corrected chi connectivity index (χ2v) is 4.66. The Kier molecular flexibility index (Phi) is 6.65. The van der Waals surface area contributed by atoms with Crippen molar-refractivity contribution in [3.8, 4) is 11.5 Å². The Morgan fingerprint density at radius 3 is 1.85 bits per heavy atom. The first kappa shape index (κ1) is 16.1. The van der Waals surface area contributed by atoms with Gasteiger partial charge in [0, 0.05) is 0 Å². The molecule has 0 spiro atoms. The smallest absolute Gasteiger partial charge is 0.119 e. The second kappa shape index (κ2) is 8.26. The number of hydrogen-bond donors (Lipinski definition) is 0. The summed E-state index contributed by atoms with van der Waals surface area (Å²) >= 11 is 0. The van der Waals surface area contributed by atoms with Gasteiger partial charge in [0.15, 0.2) is 0 Å². The van der Waals surface area contributed by atoms with E-state index in [1.165, 1.54) is 16.7 Å². The van der Waals surface area contributed by atoms with Crippen LogP contribution in [0.5, 0.6) is 11.5 Å². The largest absolute Gasteiger partial charge is 0.497 e. The Balaban J connectivity index is 0.000000204. The van der Waals surface area contributed by atoms with Crippen LogP contribution in [0.1, 0.15) is 23.6 Å².